The van der Waals surface area contributed by atoms with E-state index in [1.807, 2.05) is 12.1 Å². The van der Waals surface area contributed by atoms with Gasteiger partial charge in [0.15, 0.2) is 0 Å². The maximum atomic E-state index is 6.31. The van der Waals surface area contributed by atoms with E-state index in [0.29, 0.717) is 0 Å². The highest BCUT2D eigenvalue weighted by molar-refractivity contribution is 7.26. The van der Waals surface area contributed by atoms with Crippen molar-refractivity contribution >= 4 is 53.6 Å². The van der Waals surface area contributed by atoms with Gasteiger partial charge in [0.05, 0.1) is 15.9 Å². The van der Waals surface area contributed by atoms with Gasteiger partial charge in [0.1, 0.15) is 17.5 Å². The van der Waals surface area contributed by atoms with Crippen molar-refractivity contribution in [2.45, 2.75) is 0 Å². The lowest BCUT2D eigenvalue weighted by atomic mass is 9.96. The van der Waals surface area contributed by atoms with Crippen LogP contribution in [-0.4, -0.2) is 9.97 Å². The van der Waals surface area contributed by atoms with Crippen LogP contribution in [0.3, 0.4) is 0 Å². The summed E-state index contributed by atoms with van der Waals surface area (Å²) in [7, 11) is 0. The van der Waals surface area contributed by atoms with Gasteiger partial charge in [0.2, 0.25) is 0 Å². The van der Waals surface area contributed by atoms with E-state index < -0.39 is 0 Å². The van der Waals surface area contributed by atoms with Crippen LogP contribution in [0.5, 0.6) is 0 Å². The zero-order valence-corrected chi connectivity index (χ0v) is 21.1. The number of benzene rings is 5. The molecule has 3 heterocycles. The van der Waals surface area contributed by atoms with Gasteiger partial charge in [0.25, 0.3) is 0 Å². The van der Waals surface area contributed by atoms with Crippen LogP contribution in [0.15, 0.2) is 126 Å². The topological polar surface area (TPSA) is 38.9 Å². The minimum absolute atomic E-state index is 0.913. The SMILES string of the molecule is c1cc(-c2cccc(-c3ncnc4c3sc3ccccc34)c2)cc(-c2cccc3c2oc2ccccc23)c1. The summed E-state index contributed by atoms with van der Waals surface area (Å²) in [6.45, 7) is 0. The molecule has 38 heavy (non-hydrogen) atoms. The third-order valence-electron chi connectivity index (χ3n) is 7.21. The first-order chi connectivity index (χ1) is 18.8. The molecule has 4 heteroatoms. The Kier molecular flexibility index (Phi) is 4.69. The minimum Gasteiger partial charge on any atom is -0.455 e. The molecule has 0 aliphatic rings. The molecule has 0 unspecified atom stereocenters. The highest BCUT2D eigenvalue weighted by Gasteiger charge is 2.15. The average molecular weight is 505 g/mol. The van der Waals surface area contributed by atoms with Crippen molar-refractivity contribution in [2.24, 2.45) is 0 Å². The van der Waals surface area contributed by atoms with Crippen LogP contribution >= 0.6 is 11.3 Å². The Morgan fingerprint density at radius 1 is 0.553 bits per heavy atom. The van der Waals surface area contributed by atoms with E-state index in [1.54, 1.807) is 17.7 Å². The molecule has 0 amide bonds. The highest BCUT2D eigenvalue weighted by Crippen LogP contribution is 2.39. The number of hydrogen-bond donors (Lipinski definition) is 0. The number of aromatic nitrogens is 2. The molecule has 0 aliphatic heterocycles. The Balaban J connectivity index is 1.25. The summed E-state index contributed by atoms with van der Waals surface area (Å²) in [5, 5.41) is 3.46. The van der Waals surface area contributed by atoms with Crippen molar-refractivity contribution in [3.8, 4) is 33.5 Å². The molecule has 0 saturated carbocycles. The molecule has 0 atom stereocenters. The molecule has 3 nitrogen and oxygen atoms in total. The lowest BCUT2D eigenvalue weighted by Gasteiger charge is -2.09. The number of nitrogens with zero attached hydrogens (tertiary/aromatic N) is 2. The second-order valence-electron chi connectivity index (χ2n) is 9.44. The van der Waals surface area contributed by atoms with Gasteiger partial charge >= 0.3 is 0 Å². The molecule has 0 fully saturated rings. The van der Waals surface area contributed by atoms with Gasteiger partial charge in [-0.1, -0.05) is 91.0 Å². The van der Waals surface area contributed by atoms with E-state index in [-0.39, 0.29) is 0 Å². The van der Waals surface area contributed by atoms with Crippen molar-refractivity contribution in [3.63, 3.8) is 0 Å². The fourth-order valence-corrected chi connectivity index (χ4v) is 6.58. The van der Waals surface area contributed by atoms with Crippen LogP contribution in [0.1, 0.15) is 0 Å². The Bertz CT molecular complexity index is 2000. The van der Waals surface area contributed by atoms with Gasteiger partial charge in [-0.25, -0.2) is 9.97 Å². The van der Waals surface area contributed by atoms with Crippen molar-refractivity contribution in [2.75, 3.05) is 0 Å². The van der Waals surface area contributed by atoms with Gasteiger partial charge in [-0.3, -0.25) is 0 Å². The molecule has 0 aliphatic carbocycles. The molecular weight excluding hydrogens is 484 g/mol. The average Bonchev–Trinajstić information content (AvgIpc) is 3.56. The van der Waals surface area contributed by atoms with Gasteiger partial charge < -0.3 is 4.42 Å². The lowest BCUT2D eigenvalue weighted by molar-refractivity contribution is 0.670. The maximum Gasteiger partial charge on any atom is 0.143 e. The third-order valence-corrected chi connectivity index (χ3v) is 8.37. The fraction of sp³-hybridized carbons (Fsp3) is 0. The van der Waals surface area contributed by atoms with Crippen molar-refractivity contribution < 1.29 is 4.42 Å². The van der Waals surface area contributed by atoms with Gasteiger partial charge in [-0.05, 0) is 41.0 Å². The smallest absolute Gasteiger partial charge is 0.143 e. The zero-order valence-electron chi connectivity index (χ0n) is 20.3. The van der Waals surface area contributed by atoms with E-state index in [4.69, 9.17) is 9.40 Å². The molecule has 8 rings (SSSR count). The number of rotatable bonds is 3. The highest BCUT2D eigenvalue weighted by atomic mass is 32.1. The molecule has 5 aromatic carbocycles. The quantitative estimate of drug-likeness (QED) is 0.240. The largest absolute Gasteiger partial charge is 0.455 e. The van der Waals surface area contributed by atoms with Crippen LogP contribution in [0.2, 0.25) is 0 Å². The number of thiophene rings is 1. The summed E-state index contributed by atoms with van der Waals surface area (Å²) in [5.41, 5.74) is 9.44. The van der Waals surface area contributed by atoms with E-state index in [9.17, 15) is 0 Å². The summed E-state index contributed by atoms with van der Waals surface area (Å²) < 4.78 is 8.66. The molecule has 0 bridgehead atoms. The van der Waals surface area contributed by atoms with Crippen LogP contribution in [0.25, 0.3) is 75.8 Å². The van der Waals surface area contributed by atoms with Crippen molar-refractivity contribution in [1.82, 2.24) is 9.97 Å². The van der Waals surface area contributed by atoms with Crippen LogP contribution in [-0.2, 0) is 0 Å². The Morgan fingerprint density at radius 2 is 1.24 bits per heavy atom. The first kappa shape index (κ1) is 21.3. The summed E-state index contributed by atoms with van der Waals surface area (Å²) in [4.78, 5) is 9.33. The first-order valence-electron chi connectivity index (χ1n) is 12.6. The van der Waals surface area contributed by atoms with Crippen LogP contribution in [0, 0.1) is 0 Å². The molecule has 178 valence electrons. The second kappa shape index (κ2) is 8.37. The molecule has 3 aromatic heterocycles. The van der Waals surface area contributed by atoms with E-state index >= 15 is 0 Å². The predicted octanol–water partition coefficient (Wildman–Crippen LogP) is 9.74. The number of hydrogen-bond acceptors (Lipinski definition) is 4. The molecule has 0 spiro atoms. The van der Waals surface area contributed by atoms with Gasteiger partial charge in [-0.2, -0.15) is 0 Å². The molecule has 0 N–H and O–H groups in total. The fourth-order valence-electron chi connectivity index (χ4n) is 5.42. The van der Waals surface area contributed by atoms with Crippen molar-refractivity contribution in [3.05, 3.63) is 122 Å². The van der Waals surface area contributed by atoms with E-state index in [0.717, 1.165) is 65.7 Å². The standard InChI is InChI=1S/C34H20N2OS/c1-3-16-29-26(12-1)27-15-7-14-25(33(27)37-29)23-10-5-8-21(18-23)22-9-6-11-24(19-22)31-34-32(36-20-35-31)28-13-2-4-17-30(28)38-34/h1-20H. The number of furan rings is 1. The van der Waals surface area contributed by atoms with E-state index in [2.05, 4.69) is 108 Å². The summed E-state index contributed by atoms with van der Waals surface area (Å²) >= 11 is 1.75. The summed E-state index contributed by atoms with van der Waals surface area (Å²) in [5.74, 6) is 0. The Morgan fingerprint density at radius 3 is 2.13 bits per heavy atom. The van der Waals surface area contributed by atoms with E-state index in [1.165, 1.54) is 10.1 Å². The first-order valence-corrected chi connectivity index (χ1v) is 13.4. The van der Waals surface area contributed by atoms with Crippen LogP contribution < -0.4 is 0 Å². The third kappa shape index (κ3) is 3.28. The summed E-state index contributed by atoms with van der Waals surface area (Å²) in [6.07, 6.45) is 1.68. The van der Waals surface area contributed by atoms with Gasteiger partial charge in [-0.15, -0.1) is 11.3 Å². The second-order valence-corrected chi connectivity index (χ2v) is 10.5. The lowest BCUT2D eigenvalue weighted by Crippen LogP contribution is -1.87. The number of para-hydroxylation sites is 2. The Hall–Kier alpha value is -4.80. The Labute approximate surface area is 222 Å². The minimum atomic E-state index is 0.913. The molecule has 0 radical (unpaired) electrons. The monoisotopic (exact) mass is 504 g/mol. The normalized spacial score (nSPS) is 11.7. The predicted molar refractivity (Wildman–Crippen MR) is 159 cm³/mol. The maximum absolute atomic E-state index is 6.31. The van der Waals surface area contributed by atoms with Gasteiger partial charge in [0, 0.05) is 32.0 Å². The van der Waals surface area contributed by atoms with Crippen molar-refractivity contribution in [1.29, 1.82) is 0 Å². The molecule has 0 saturated heterocycles. The summed E-state index contributed by atoms with van der Waals surface area (Å²) in [6, 6.07) is 40.3. The molecule has 8 aromatic rings. The molecular formula is C34H20N2OS. The van der Waals surface area contributed by atoms with Crippen LogP contribution in [0.4, 0.5) is 0 Å². The number of fused-ring (bicyclic) bond motifs is 6. The zero-order chi connectivity index (χ0) is 25.1.